The summed E-state index contributed by atoms with van der Waals surface area (Å²) >= 11 is 0. The molecule has 0 aromatic carbocycles. The monoisotopic (exact) mass is 281 g/mol. The molecule has 1 amide bonds. The predicted molar refractivity (Wildman–Crippen MR) is 61.4 cm³/mol. The third-order valence-electron chi connectivity index (χ3n) is 3.39. The van der Waals surface area contributed by atoms with Crippen LogP contribution in [-0.2, 0) is 9.59 Å². The van der Waals surface area contributed by atoms with Gasteiger partial charge in [-0.15, -0.1) is 0 Å². The highest BCUT2D eigenvalue weighted by atomic mass is 19.4. The van der Waals surface area contributed by atoms with Gasteiger partial charge in [0, 0.05) is 12.0 Å². The van der Waals surface area contributed by atoms with E-state index in [1.807, 2.05) is 0 Å². The summed E-state index contributed by atoms with van der Waals surface area (Å²) in [6.45, 7) is 1.47. The zero-order chi connectivity index (χ0) is 14.6. The first-order valence-electron chi connectivity index (χ1n) is 6.30. The second-order valence-electron chi connectivity index (χ2n) is 5.05. The summed E-state index contributed by atoms with van der Waals surface area (Å²) in [5, 5.41) is 10.9. The Bertz CT molecular complexity index is 344. The van der Waals surface area contributed by atoms with Gasteiger partial charge in [-0.2, -0.15) is 13.2 Å². The predicted octanol–water partition coefficient (Wildman–Crippen LogP) is 2.33. The molecule has 1 rings (SSSR count). The van der Waals surface area contributed by atoms with Crippen LogP contribution in [0.1, 0.15) is 39.0 Å². The second kappa shape index (κ2) is 6.25. The third kappa shape index (κ3) is 4.72. The van der Waals surface area contributed by atoms with E-state index in [2.05, 4.69) is 5.32 Å². The van der Waals surface area contributed by atoms with E-state index in [-0.39, 0.29) is 19.3 Å². The maximum atomic E-state index is 12.8. The van der Waals surface area contributed by atoms with Gasteiger partial charge >= 0.3 is 12.1 Å². The summed E-state index contributed by atoms with van der Waals surface area (Å²) in [6, 6.07) is -0.666. The standard InChI is InChI=1S/C12H18F3NO3/c1-7(6-10(17)18)16-11(19)8-4-2-3-5-9(8)12(13,14)15/h7-9H,2-6H2,1H3,(H,16,19)(H,17,18). The number of carbonyl (C=O) groups excluding carboxylic acids is 1. The SMILES string of the molecule is CC(CC(=O)O)NC(=O)C1CCCCC1C(F)(F)F. The Kier molecular flexibility index (Phi) is 5.20. The lowest BCUT2D eigenvalue weighted by molar-refractivity contribution is -0.198. The molecule has 1 aliphatic rings. The number of carboxylic acids is 1. The highest BCUT2D eigenvalue weighted by Gasteiger charge is 2.48. The first kappa shape index (κ1) is 15.8. The van der Waals surface area contributed by atoms with Crippen LogP contribution in [0.4, 0.5) is 13.2 Å². The lowest BCUT2D eigenvalue weighted by Crippen LogP contribution is -2.45. The highest BCUT2D eigenvalue weighted by Crippen LogP contribution is 2.41. The van der Waals surface area contributed by atoms with Gasteiger partial charge in [-0.05, 0) is 19.8 Å². The van der Waals surface area contributed by atoms with Gasteiger partial charge in [-0.25, -0.2) is 0 Å². The first-order valence-corrected chi connectivity index (χ1v) is 6.30. The van der Waals surface area contributed by atoms with E-state index >= 15 is 0 Å². The van der Waals surface area contributed by atoms with Crippen molar-refractivity contribution in [2.24, 2.45) is 11.8 Å². The fraction of sp³-hybridized carbons (Fsp3) is 0.833. The van der Waals surface area contributed by atoms with Gasteiger partial charge in [0.15, 0.2) is 0 Å². The number of rotatable bonds is 4. The Morgan fingerprint density at radius 2 is 1.89 bits per heavy atom. The summed E-state index contributed by atoms with van der Waals surface area (Å²) in [5.74, 6) is -4.48. The van der Waals surface area contributed by atoms with Crippen LogP contribution in [0, 0.1) is 11.8 Å². The molecule has 7 heteroatoms. The lowest BCUT2D eigenvalue weighted by atomic mass is 9.78. The van der Waals surface area contributed by atoms with E-state index in [1.54, 1.807) is 0 Å². The molecule has 110 valence electrons. The smallest absolute Gasteiger partial charge is 0.392 e. The molecule has 0 aromatic rings. The van der Waals surface area contributed by atoms with Crippen molar-refractivity contribution in [3.8, 4) is 0 Å². The maximum Gasteiger partial charge on any atom is 0.392 e. The quantitative estimate of drug-likeness (QED) is 0.831. The van der Waals surface area contributed by atoms with E-state index in [1.165, 1.54) is 6.92 Å². The van der Waals surface area contributed by atoms with Crippen LogP contribution in [0.3, 0.4) is 0 Å². The molecule has 0 aliphatic heterocycles. The molecule has 1 saturated carbocycles. The molecule has 0 aromatic heterocycles. The third-order valence-corrected chi connectivity index (χ3v) is 3.39. The zero-order valence-electron chi connectivity index (χ0n) is 10.7. The Morgan fingerprint density at radius 1 is 1.32 bits per heavy atom. The molecule has 0 heterocycles. The van der Waals surface area contributed by atoms with Crippen LogP contribution in [-0.4, -0.2) is 29.2 Å². The van der Waals surface area contributed by atoms with Crippen LogP contribution in [0.25, 0.3) is 0 Å². The number of aliphatic carboxylic acids is 1. The topological polar surface area (TPSA) is 66.4 Å². The molecule has 1 aliphatic carbocycles. The molecular formula is C12H18F3NO3. The van der Waals surface area contributed by atoms with Crippen molar-refractivity contribution in [1.29, 1.82) is 0 Å². The van der Waals surface area contributed by atoms with E-state index in [9.17, 15) is 22.8 Å². The molecule has 3 unspecified atom stereocenters. The number of carboxylic acid groups (broad SMARTS) is 1. The molecule has 2 N–H and O–H groups in total. The van der Waals surface area contributed by atoms with Crippen LogP contribution in [0.15, 0.2) is 0 Å². The number of hydrogen-bond acceptors (Lipinski definition) is 2. The van der Waals surface area contributed by atoms with Crippen molar-refractivity contribution < 1.29 is 27.9 Å². The average Bonchev–Trinajstić information content (AvgIpc) is 2.26. The minimum Gasteiger partial charge on any atom is -0.481 e. The van der Waals surface area contributed by atoms with Crippen LogP contribution in [0.5, 0.6) is 0 Å². The number of halogens is 3. The number of nitrogens with one attached hydrogen (secondary N) is 1. The van der Waals surface area contributed by atoms with Crippen LogP contribution in [0.2, 0.25) is 0 Å². The summed E-state index contributed by atoms with van der Waals surface area (Å²) in [5.41, 5.74) is 0. The zero-order valence-corrected chi connectivity index (χ0v) is 10.7. The largest absolute Gasteiger partial charge is 0.481 e. The normalized spacial score (nSPS) is 25.7. The van der Waals surface area contributed by atoms with Crippen molar-refractivity contribution >= 4 is 11.9 Å². The van der Waals surface area contributed by atoms with Crippen molar-refractivity contribution in [2.45, 2.75) is 51.2 Å². The number of alkyl halides is 3. The molecule has 19 heavy (non-hydrogen) atoms. The van der Waals surface area contributed by atoms with Crippen LogP contribution >= 0.6 is 0 Å². The van der Waals surface area contributed by atoms with Gasteiger partial charge in [0.05, 0.1) is 12.3 Å². The van der Waals surface area contributed by atoms with Gasteiger partial charge in [0.25, 0.3) is 0 Å². The molecule has 1 fully saturated rings. The van der Waals surface area contributed by atoms with Gasteiger partial charge in [0.2, 0.25) is 5.91 Å². The number of amides is 1. The molecule has 0 bridgehead atoms. The Hall–Kier alpha value is -1.27. The maximum absolute atomic E-state index is 12.8. The minimum absolute atomic E-state index is 0.0328. The van der Waals surface area contributed by atoms with Gasteiger partial charge in [-0.3, -0.25) is 9.59 Å². The molecule has 3 atom stereocenters. The van der Waals surface area contributed by atoms with Crippen LogP contribution < -0.4 is 5.32 Å². The number of hydrogen-bond donors (Lipinski definition) is 2. The van der Waals surface area contributed by atoms with E-state index in [0.29, 0.717) is 12.8 Å². The van der Waals surface area contributed by atoms with Crippen molar-refractivity contribution in [2.75, 3.05) is 0 Å². The molecule has 0 spiro atoms. The molecule has 0 radical (unpaired) electrons. The first-order chi connectivity index (χ1) is 8.71. The van der Waals surface area contributed by atoms with Gasteiger partial charge in [0.1, 0.15) is 0 Å². The average molecular weight is 281 g/mol. The van der Waals surface area contributed by atoms with E-state index in [4.69, 9.17) is 5.11 Å². The Labute approximate surface area is 109 Å². The van der Waals surface area contributed by atoms with Crippen molar-refractivity contribution in [3.05, 3.63) is 0 Å². The lowest BCUT2D eigenvalue weighted by Gasteiger charge is -2.32. The van der Waals surface area contributed by atoms with E-state index < -0.39 is 35.9 Å². The highest BCUT2D eigenvalue weighted by molar-refractivity contribution is 5.80. The second-order valence-corrected chi connectivity index (χ2v) is 5.05. The van der Waals surface area contributed by atoms with E-state index in [0.717, 1.165) is 0 Å². The molecular weight excluding hydrogens is 263 g/mol. The van der Waals surface area contributed by atoms with Crippen molar-refractivity contribution in [3.63, 3.8) is 0 Å². The summed E-state index contributed by atoms with van der Waals surface area (Å²) in [7, 11) is 0. The fourth-order valence-corrected chi connectivity index (χ4v) is 2.50. The molecule has 4 nitrogen and oxygen atoms in total. The fourth-order valence-electron chi connectivity index (χ4n) is 2.50. The summed E-state index contributed by atoms with van der Waals surface area (Å²) < 4.78 is 38.5. The summed E-state index contributed by atoms with van der Waals surface area (Å²) in [4.78, 5) is 22.3. The van der Waals surface area contributed by atoms with Gasteiger partial charge in [-0.1, -0.05) is 12.8 Å². The Balaban J connectivity index is 2.65. The summed E-state index contributed by atoms with van der Waals surface area (Å²) in [6.07, 6.45) is -3.44. The minimum atomic E-state index is -4.38. The molecule has 0 saturated heterocycles. The van der Waals surface area contributed by atoms with Crippen molar-refractivity contribution in [1.82, 2.24) is 5.32 Å². The Morgan fingerprint density at radius 3 is 2.42 bits per heavy atom. The number of carbonyl (C=O) groups is 2. The van der Waals surface area contributed by atoms with Gasteiger partial charge < -0.3 is 10.4 Å².